The van der Waals surface area contributed by atoms with E-state index in [1.165, 1.54) is 16.2 Å². The number of hydrogen-bond donors (Lipinski definition) is 0. The number of hydrogen-bond acceptors (Lipinski definition) is 1. The Balaban J connectivity index is 2.13. The second-order valence-electron chi connectivity index (χ2n) is 5.03. The summed E-state index contributed by atoms with van der Waals surface area (Å²) in [7, 11) is 0. The fourth-order valence-corrected chi connectivity index (χ4v) is 3.00. The van der Waals surface area contributed by atoms with E-state index in [0.717, 1.165) is 21.2 Å². The van der Waals surface area contributed by atoms with Crippen molar-refractivity contribution in [3.05, 3.63) is 77.3 Å². The van der Waals surface area contributed by atoms with Gasteiger partial charge in [0.25, 0.3) is 0 Å². The van der Waals surface area contributed by atoms with Crippen LogP contribution in [0.2, 0.25) is 0 Å². The number of para-hydroxylation sites is 1. The molecular weight excluding hydrogens is 322 g/mol. The minimum absolute atomic E-state index is 1.04. The lowest BCUT2D eigenvalue weighted by Gasteiger charge is -2.09. The van der Waals surface area contributed by atoms with Crippen molar-refractivity contribution < 1.29 is 0 Å². The number of nitrogens with zero attached hydrogens (tertiary/aromatic N) is 1. The van der Waals surface area contributed by atoms with E-state index in [1.807, 2.05) is 6.07 Å². The molecule has 0 N–H and O–H groups in total. The van der Waals surface area contributed by atoms with E-state index >= 15 is 0 Å². The molecule has 2 heteroatoms. The highest BCUT2D eigenvalue weighted by Gasteiger charge is 2.09. The molecule has 0 amide bonds. The van der Waals surface area contributed by atoms with Gasteiger partial charge in [-0.2, -0.15) is 0 Å². The van der Waals surface area contributed by atoms with Gasteiger partial charge in [-0.1, -0.05) is 70.5 Å². The maximum absolute atomic E-state index is 4.89. The Kier molecular flexibility index (Phi) is 2.97. The van der Waals surface area contributed by atoms with Crippen molar-refractivity contribution in [1.29, 1.82) is 0 Å². The molecule has 3 aromatic carbocycles. The van der Waals surface area contributed by atoms with Crippen LogP contribution in [0.25, 0.3) is 32.9 Å². The summed E-state index contributed by atoms with van der Waals surface area (Å²) in [5, 5.41) is 3.65. The molecule has 4 aromatic rings. The van der Waals surface area contributed by atoms with E-state index in [2.05, 4.69) is 82.7 Å². The molecule has 0 fully saturated rings. The molecule has 1 heterocycles. The Bertz CT molecular complexity index is 942. The van der Waals surface area contributed by atoms with Crippen molar-refractivity contribution in [1.82, 2.24) is 4.98 Å². The number of halogens is 1. The summed E-state index contributed by atoms with van der Waals surface area (Å²) >= 11 is 3.49. The second kappa shape index (κ2) is 4.97. The Hall–Kier alpha value is -2.19. The van der Waals surface area contributed by atoms with E-state index in [0.29, 0.717) is 0 Å². The van der Waals surface area contributed by atoms with E-state index in [1.54, 1.807) is 0 Å². The average Bonchev–Trinajstić information content (AvgIpc) is 2.55. The van der Waals surface area contributed by atoms with Gasteiger partial charge in [-0.25, -0.2) is 4.98 Å². The van der Waals surface area contributed by atoms with Crippen LogP contribution in [0, 0.1) is 0 Å². The Morgan fingerprint density at radius 2 is 1.24 bits per heavy atom. The predicted molar refractivity (Wildman–Crippen MR) is 92.4 cm³/mol. The molecule has 4 rings (SSSR count). The number of benzene rings is 3. The highest BCUT2D eigenvalue weighted by Crippen LogP contribution is 2.32. The summed E-state index contributed by atoms with van der Waals surface area (Å²) in [6.07, 6.45) is 0. The topological polar surface area (TPSA) is 12.9 Å². The molecule has 0 radical (unpaired) electrons. The van der Waals surface area contributed by atoms with Gasteiger partial charge in [-0.05, 0) is 23.6 Å². The third-order valence-electron chi connectivity index (χ3n) is 3.73. The van der Waals surface area contributed by atoms with Gasteiger partial charge in [-0.3, -0.25) is 0 Å². The quantitative estimate of drug-likeness (QED) is 0.400. The summed E-state index contributed by atoms with van der Waals surface area (Å²) in [6.45, 7) is 0. The Morgan fingerprint density at radius 1 is 0.619 bits per heavy atom. The molecule has 1 aromatic heterocycles. The first-order valence-corrected chi connectivity index (χ1v) is 7.66. The largest absolute Gasteiger partial charge is 0.247 e. The molecule has 0 atom stereocenters. The number of aromatic nitrogens is 1. The predicted octanol–water partition coefficient (Wildman–Crippen LogP) is 5.82. The maximum atomic E-state index is 4.89. The average molecular weight is 334 g/mol. The smallest absolute Gasteiger partial charge is 0.0788 e. The number of fused-ring (bicyclic) bond motifs is 3. The van der Waals surface area contributed by atoms with E-state index in [-0.39, 0.29) is 0 Å². The van der Waals surface area contributed by atoms with Gasteiger partial charge in [0.1, 0.15) is 0 Å². The molecule has 0 spiro atoms. The lowest BCUT2D eigenvalue weighted by Crippen LogP contribution is -1.89. The zero-order valence-corrected chi connectivity index (χ0v) is 12.8. The fraction of sp³-hybridized carbons (Fsp3) is 0. The van der Waals surface area contributed by atoms with Gasteiger partial charge in [0.15, 0.2) is 0 Å². The lowest BCUT2D eigenvalue weighted by atomic mass is 10.0. The minimum Gasteiger partial charge on any atom is -0.247 e. The monoisotopic (exact) mass is 333 g/mol. The molecule has 0 bridgehead atoms. The lowest BCUT2D eigenvalue weighted by molar-refractivity contribution is 1.42. The standard InChI is InChI=1S/C19H12BrN/c20-14-11-9-13(10-12-14)19-17-7-2-1-5-15(17)16-6-3-4-8-18(16)21-19/h1-12H. The summed E-state index contributed by atoms with van der Waals surface area (Å²) in [6, 6.07) is 25.1. The van der Waals surface area contributed by atoms with Crippen LogP contribution < -0.4 is 0 Å². The molecule has 1 nitrogen and oxygen atoms in total. The summed E-state index contributed by atoms with van der Waals surface area (Å²) in [4.78, 5) is 4.89. The van der Waals surface area contributed by atoms with Crippen LogP contribution in [-0.2, 0) is 0 Å². The fourth-order valence-electron chi connectivity index (χ4n) is 2.73. The molecule has 0 saturated carbocycles. The van der Waals surface area contributed by atoms with E-state index in [4.69, 9.17) is 4.98 Å². The van der Waals surface area contributed by atoms with Gasteiger partial charge in [-0.15, -0.1) is 0 Å². The summed E-state index contributed by atoms with van der Waals surface area (Å²) < 4.78 is 1.08. The van der Waals surface area contributed by atoms with E-state index < -0.39 is 0 Å². The van der Waals surface area contributed by atoms with Crippen LogP contribution in [0.5, 0.6) is 0 Å². The maximum Gasteiger partial charge on any atom is 0.0788 e. The molecule has 0 aliphatic heterocycles. The van der Waals surface area contributed by atoms with E-state index in [9.17, 15) is 0 Å². The third-order valence-corrected chi connectivity index (χ3v) is 4.25. The van der Waals surface area contributed by atoms with Crippen LogP contribution in [-0.4, -0.2) is 4.98 Å². The number of pyridine rings is 1. The van der Waals surface area contributed by atoms with Crippen LogP contribution in [0.1, 0.15) is 0 Å². The molecule has 0 unspecified atom stereocenters. The summed E-state index contributed by atoms with van der Waals surface area (Å²) in [5.74, 6) is 0. The normalized spacial score (nSPS) is 11.1. The molecule has 100 valence electrons. The highest BCUT2D eigenvalue weighted by molar-refractivity contribution is 9.10. The zero-order valence-electron chi connectivity index (χ0n) is 11.3. The molecule has 21 heavy (non-hydrogen) atoms. The van der Waals surface area contributed by atoms with Crippen molar-refractivity contribution in [2.75, 3.05) is 0 Å². The van der Waals surface area contributed by atoms with Crippen molar-refractivity contribution >= 4 is 37.6 Å². The highest BCUT2D eigenvalue weighted by atomic mass is 79.9. The van der Waals surface area contributed by atoms with Gasteiger partial charge in [0.05, 0.1) is 11.2 Å². The Labute approximate surface area is 131 Å². The van der Waals surface area contributed by atoms with Gasteiger partial charge >= 0.3 is 0 Å². The third kappa shape index (κ3) is 2.12. The molecular formula is C19H12BrN. The van der Waals surface area contributed by atoms with Crippen LogP contribution in [0.3, 0.4) is 0 Å². The van der Waals surface area contributed by atoms with Gasteiger partial charge in [0, 0.05) is 20.8 Å². The van der Waals surface area contributed by atoms with Crippen LogP contribution >= 0.6 is 15.9 Å². The zero-order chi connectivity index (χ0) is 14.2. The van der Waals surface area contributed by atoms with Crippen molar-refractivity contribution in [3.8, 4) is 11.3 Å². The Morgan fingerprint density at radius 3 is 2.00 bits per heavy atom. The van der Waals surface area contributed by atoms with Crippen molar-refractivity contribution in [2.24, 2.45) is 0 Å². The second-order valence-corrected chi connectivity index (χ2v) is 5.95. The van der Waals surface area contributed by atoms with Crippen LogP contribution in [0.15, 0.2) is 77.3 Å². The van der Waals surface area contributed by atoms with Crippen molar-refractivity contribution in [3.63, 3.8) is 0 Å². The molecule has 0 aliphatic rings. The molecule has 0 aliphatic carbocycles. The molecule has 0 saturated heterocycles. The van der Waals surface area contributed by atoms with Crippen molar-refractivity contribution in [2.45, 2.75) is 0 Å². The SMILES string of the molecule is Brc1ccc(-c2nc3ccccc3c3ccccc23)cc1. The first-order chi connectivity index (χ1) is 10.3. The van der Waals surface area contributed by atoms with Gasteiger partial charge < -0.3 is 0 Å². The summed E-state index contributed by atoms with van der Waals surface area (Å²) in [5.41, 5.74) is 3.21. The minimum atomic E-state index is 1.04. The van der Waals surface area contributed by atoms with Gasteiger partial charge in [0.2, 0.25) is 0 Å². The van der Waals surface area contributed by atoms with Crippen LogP contribution in [0.4, 0.5) is 0 Å². The first-order valence-electron chi connectivity index (χ1n) is 6.86. The number of rotatable bonds is 1. The first kappa shape index (κ1) is 12.5.